The number of nitrogens with zero attached hydrogens (tertiary/aromatic N) is 2. The summed E-state index contributed by atoms with van der Waals surface area (Å²) in [5.41, 5.74) is 0.575. The number of aryl methyl sites for hydroxylation is 1. The van der Waals surface area contributed by atoms with Crippen molar-refractivity contribution >= 4 is 5.91 Å². The summed E-state index contributed by atoms with van der Waals surface area (Å²) >= 11 is 0. The highest BCUT2D eigenvalue weighted by Crippen LogP contribution is 2.29. The average molecular weight is 218 g/mol. The molecule has 84 valence electrons. The Hall–Kier alpha value is -1.83. The molecule has 1 fully saturated rings. The highest BCUT2D eigenvalue weighted by atomic mass is 16.1. The van der Waals surface area contributed by atoms with Gasteiger partial charge >= 0.3 is 0 Å². The fourth-order valence-electron chi connectivity index (χ4n) is 2.11. The number of nitriles is 1. The minimum Gasteiger partial charge on any atom is -0.334 e. The first kappa shape index (κ1) is 10.7. The molecule has 0 bridgehead atoms. The lowest BCUT2D eigenvalue weighted by atomic mass is 9.99. The average Bonchev–Trinajstić information content (AvgIpc) is 2.87. The molecule has 0 unspecified atom stereocenters. The summed E-state index contributed by atoms with van der Waals surface area (Å²) in [7, 11) is 0. The highest BCUT2D eigenvalue weighted by molar-refractivity contribution is 5.95. The van der Waals surface area contributed by atoms with Crippen molar-refractivity contribution in [1.82, 2.24) is 15.5 Å². The van der Waals surface area contributed by atoms with Gasteiger partial charge in [0.25, 0.3) is 5.91 Å². The lowest BCUT2D eigenvalue weighted by Crippen LogP contribution is -2.45. The van der Waals surface area contributed by atoms with E-state index in [-0.39, 0.29) is 5.91 Å². The van der Waals surface area contributed by atoms with Crippen LogP contribution < -0.4 is 5.32 Å². The Bertz CT molecular complexity index is 437. The zero-order chi connectivity index (χ0) is 11.6. The zero-order valence-corrected chi connectivity index (χ0v) is 9.21. The first-order valence-corrected chi connectivity index (χ1v) is 5.41. The molecule has 1 aromatic heterocycles. The molecule has 0 atom stereocenters. The third kappa shape index (κ3) is 1.78. The van der Waals surface area contributed by atoms with E-state index in [9.17, 15) is 4.79 Å². The smallest absolute Gasteiger partial charge is 0.255 e. The maximum Gasteiger partial charge on any atom is 0.255 e. The summed E-state index contributed by atoms with van der Waals surface area (Å²) in [6.45, 7) is 1.79. The fraction of sp³-hybridized carbons (Fsp3) is 0.545. The molecule has 5 heteroatoms. The molecule has 0 aliphatic heterocycles. The SMILES string of the molecule is Cc1[nH]ncc1C(=O)NC1(C#N)CCCC1. The summed E-state index contributed by atoms with van der Waals surface area (Å²) in [5.74, 6) is -0.213. The van der Waals surface area contributed by atoms with Gasteiger partial charge in [-0.2, -0.15) is 10.4 Å². The van der Waals surface area contributed by atoms with Gasteiger partial charge < -0.3 is 5.32 Å². The Morgan fingerprint density at radius 2 is 2.31 bits per heavy atom. The second kappa shape index (κ2) is 3.97. The third-order valence-corrected chi connectivity index (χ3v) is 3.10. The zero-order valence-electron chi connectivity index (χ0n) is 9.21. The number of hydrogen-bond acceptors (Lipinski definition) is 3. The molecule has 0 spiro atoms. The van der Waals surface area contributed by atoms with E-state index < -0.39 is 5.54 Å². The van der Waals surface area contributed by atoms with Crippen LogP contribution in [0.1, 0.15) is 41.7 Å². The molecular weight excluding hydrogens is 204 g/mol. The largest absolute Gasteiger partial charge is 0.334 e. The van der Waals surface area contributed by atoms with Crippen LogP contribution in [0.4, 0.5) is 0 Å². The number of rotatable bonds is 2. The molecular formula is C11H14N4O. The van der Waals surface area contributed by atoms with Crippen molar-refractivity contribution in [2.75, 3.05) is 0 Å². The van der Waals surface area contributed by atoms with Crippen LogP contribution in [0.15, 0.2) is 6.20 Å². The molecule has 1 aromatic rings. The molecule has 2 N–H and O–H groups in total. The van der Waals surface area contributed by atoms with Gasteiger partial charge in [-0.25, -0.2) is 0 Å². The predicted octanol–water partition coefficient (Wildman–Crippen LogP) is 1.28. The topological polar surface area (TPSA) is 81.6 Å². The molecule has 1 heterocycles. The number of H-pyrrole nitrogens is 1. The van der Waals surface area contributed by atoms with Crippen LogP contribution in [0, 0.1) is 18.3 Å². The lowest BCUT2D eigenvalue weighted by molar-refractivity contribution is 0.0920. The van der Waals surface area contributed by atoms with Crippen LogP contribution in [0.25, 0.3) is 0 Å². The van der Waals surface area contributed by atoms with Gasteiger partial charge in [0.05, 0.1) is 17.8 Å². The van der Waals surface area contributed by atoms with Crippen LogP contribution in [-0.4, -0.2) is 21.6 Å². The Balaban J connectivity index is 2.13. The number of hydrogen-bond donors (Lipinski definition) is 2. The summed E-state index contributed by atoms with van der Waals surface area (Å²) < 4.78 is 0. The molecule has 0 radical (unpaired) electrons. The Morgan fingerprint density at radius 3 is 2.81 bits per heavy atom. The van der Waals surface area contributed by atoms with Crippen LogP contribution in [-0.2, 0) is 0 Å². The van der Waals surface area contributed by atoms with Crippen molar-refractivity contribution in [2.45, 2.75) is 38.1 Å². The van der Waals surface area contributed by atoms with Crippen molar-refractivity contribution in [1.29, 1.82) is 5.26 Å². The normalized spacial score (nSPS) is 18.0. The minimum absolute atomic E-state index is 0.213. The van der Waals surface area contributed by atoms with E-state index in [1.807, 2.05) is 0 Å². The Labute approximate surface area is 93.8 Å². The number of aromatic amines is 1. The van der Waals surface area contributed by atoms with Gasteiger partial charge in [0.1, 0.15) is 5.54 Å². The standard InChI is InChI=1S/C11H14N4O/c1-8-9(6-13-15-8)10(16)14-11(7-12)4-2-3-5-11/h6H,2-5H2,1H3,(H,13,15)(H,14,16). The number of nitrogens with one attached hydrogen (secondary N) is 2. The highest BCUT2D eigenvalue weighted by Gasteiger charge is 2.35. The van der Waals surface area contributed by atoms with Crippen LogP contribution in [0.3, 0.4) is 0 Å². The molecule has 2 rings (SSSR count). The quantitative estimate of drug-likeness (QED) is 0.784. The first-order valence-electron chi connectivity index (χ1n) is 5.41. The van der Waals surface area contributed by atoms with E-state index in [0.29, 0.717) is 5.56 Å². The van der Waals surface area contributed by atoms with Crippen LogP contribution >= 0.6 is 0 Å². The van der Waals surface area contributed by atoms with Gasteiger partial charge in [0, 0.05) is 5.69 Å². The maximum atomic E-state index is 11.9. The molecule has 0 aromatic carbocycles. The molecule has 1 amide bonds. The second-order valence-electron chi connectivity index (χ2n) is 4.26. The van der Waals surface area contributed by atoms with Crippen molar-refractivity contribution in [3.05, 3.63) is 17.5 Å². The molecule has 16 heavy (non-hydrogen) atoms. The number of aromatic nitrogens is 2. The summed E-state index contributed by atoms with van der Waals surface area (Å²) in [4.78, 5) is 11.9. The Morgan fingerprint density at radius 1 is 1.62 bits per heavy atom. The van der Waals surface area contributed by atoms with Crippen LogP contribution in [0.5, 0.6) is 0 Å². The van der Waals surface area contributed by atoms with Gasteiger partial charge in [-0.3, -0.25) is 9.89 Å². The van der Waals surface area contributed by atoms with E-state index in [1.54, 1.807) is 6.92 Å². The van der Waals surface area contributed by atoms with Gasteiger partial charge in [0.2, 0.25) is 0 Å². The van der Waals surface area contributed by atoms with Gasteiger partial charge in [-0.1, -0.05) is 0 Å². The number of carbonyl (C=O) groups excluding carboxylic acids is 1. The molecule has 5 nitrogen and oxygen atoms in total. The van der Waals surface area contributed by atoms with Gasteiger partial charge in [-0.05, 0) is 32.6 Å². The predicted molar refractivity (Wildman–Crippen MR) is 57.6 cm³/mol. The van der Waals surface area contributed by atoms with E-state index in [4.69, 9.17) is 5.26 Å². The van der Waals surface area contributed by atoms with E-state index in [1.165, 1.54) is 6.20 Å². The van der Waals surface area contributed by atoms with E-state index >= 15 is 0 Å². The lowest BCUT2D eigenvalue weighted by Gasteiger charge is -2.21. The summed E-state index contributed by atoms with van der Waals surface area (Å²) in [6, 6.07) is 2.23. The van der Waals surface area contributed by atoms with Crippen LogP contribution in [0.2, 0.25) is 0 Å². The first-order chi connectivity index (χ1) is 7.67. The second-order valence-corrected chi connectivity index (χ2v) is 4.26. The monoisotopic (exact) mass is 218 g/mol. The summed E-state index contributed by atoms with van der Waals surface area (Å²) in [6.07, 6.45) is 4.97. The molecule has 0 saturated heterocycles. The molecule has 1 saturated carbocycles. The van der Waals surface area contributed by atoms with Crippen molar-refractivity contribution < 1.29 is 4.79 Å². The maximum absolute atomic E-state index is 11.9. The van der Waals surface area contributed by atoms with Gasteiger partial charge in [0.15, 0.2) is 0 Å². The van der Waals surface area contributed by atoms with Crippen molar-refractivity contribution in [3.8, 4) is 6.07 Å². The van der Waals surface area contributed by atoms with E-state index in [0.717, 1.165) is 31.4 Å². The van der Waals surface area contributed by atoms with E-state index in [2.05, 4.69) is 21.6 Å². The fourth-order valence-corrected chi connectivity index (χ4v) is 2.11. The number of carbonyl (C=O) groups is 1. The van der Waals surface area contributed by atoms with Crippen molar-refractivity contribution in [3.63, 3.8) is 0 Å². The number of amides is 1. The third-order valence-electron chi connectivity index (χ3n) is 3.10. The minimum atomic E-state index is -0.666. The molecule has 1 aliphatic rings. The Kier molecular flexibility index (Phi) is 2.65. The van der Waals surface area contributed by atoms with Gasteiger partial charge in [-0.15, -0.1) is 0 Å². The summed E-state index contributed by atoms with van der Waals surface area (Å²) in [5, 5.41) is 18.5. The molecule has 1 aliphatic carbocycles. The van der Waals surface area contributed by atoms with Crippen molar-refractivity contribution in [2.24, 2.45) is 0 Å².